The Morgan fingerprint density at radius 1 is 1.25 bits per heavy atom. The number of ether oxygens (including phenoxy) is 1. The second-order valence-corrected chi connectivity index (χ2v) is 5.92. The molecule has 2 heterocycles. The van der Waals surface area contributed by atoms with E-state index in [1.165, 1.54) is 0 Å². The topological polar surface area (TPSA) is 41.6 Å². The zero-order chi connectivity index (χ0) is 14.1. The van der Waals surface area contributed by atoms with Crippen molar-refractivity contribution in [2.24, 2.45) is 11.8 Å². The Bertz CT molecular complexity index is 474. The minimum atomic E-state index is -0.0762. The molecule has 3 rings (SSSR count). The van der Waals surface area contributed by atoms with Crippen molar-refractivity contribution in [3.63, 3.8) is 0 Å². The molecule has 2 saturated heterocycles. The third-order valence-corrected chi connectivity index (χ3v) is 4.69. The summed E-state index contributed by atoms with van der Waals surface area (Å²) in [5.41, 5.74) is 1.06. The van der Waals surface area contributed by atoms with E-state index in [4.69, 9.17) is 4.74 Å². The van der Waals surface area contributed by atoms with E-state index in [-0.39, 0.29) is 11.8 Å². The van der Waals surface area contributed by atoms with Gasteiger partial charge in [0.1, 0.15) is 5.75 Å². The molecular formula is C16H22N2O2. The number of nitrogens with one attached hydrogen (secondary N) is 1. The number of carbonyl (C=O) groups is 1. The van der Waals surface area contributed by atoms with Gasteiger partial charge in [0.05, 0.1) is 13.0 Å². The smallest absolute Gasteiger partial charge is 0.229 e. The van der Waals surface area contributed by atoms with Crippen LogP contribution in [-0.4, -0.2) is 44.1 Å². The normalized spacial score (nSPS) is 26.4. The molecule has 3 atom stereocenters. The summed E-state index contributed by atoms with van der Waals surface area (Å²) in [5.74, 6) is 2.32. The molecule has 20 heavy (non-hydrogen) atoms. The number of hydrogen-bond donors (Lipinski definition) is 1. The number of amides is 1. The second-order valence-electron chi connectivity index (χ2n) is 5.92. The second kappa shape index (κ2) is 5.44. The monoisotopic (exact) mass is 274 g/mol. The van der Waals surface area contributed by atoms with Crippen LogP contribution in [-0.2, 0) is 4.79 Å². The predicted molar refractivity (Wildman–Crippen MR) is 77.8 cm³/mol. The first-order chi connectivity index (χ1) is 9.69. The first-order valence-corrected chi connectivity index (χ1v) is 7.32. The lowest BCUT2D eigenvalue weighted by molar-refractivity contribution is -0.131. The Kier molecular flexibility index (Phi) is 3.66. The van der Waals surface area contributed by atoms with Gasteiger partial charge in [-0.2, -0.15) is 0 Å². The number of hydrogen-bond acceptors (Lipinski definition) is 3. The number of fused-ring (bicyclic) bond motifs is 1. The standard InChI is InChI=1S/C16H22N2O2/c1-11(12-3-5-15(20-2)6-4-12)16(19)18-9-13-7-17-8-14(13)10-18/h3-6,11,13-14,17H,7-10H2,1-2H3/t11?,13-,14+. The van der Waals surface area contributed by atoms with E-state index in [0.717, 1.165) is 37.5 Å². The van der Waals surface area contributed by atoms with Gasteiger partial charge in [0.2, 0.25) is 5.91 Å². The summed E-state index contributed by atoms with van der Waals surface area (Å²) in [6, 6.07) is 7.81. The van der Waals surface area contributed by atoms with Crippen LogP contribution in [0.2, 0.25) is 0 Å². The average molecular weight is 274 g/mol. The van der Waals surface area contributed by atoms with Gasteiger partial charge in [0.15, 0.2) is 0 Å². The Balaban J connectivity index is 1.67. The van der Waals surface area contributed by atoms with Crippen LogP contribution in [0.3, 0.4) is 0 Å². The predicted octanol–water partition coefficient (Wildman–Crippen LogP) is 1.48. The molecule has 0 saturated carbocycles. The van der Waals surface area contributed by atoms with E-state index in [0.29, 0.717) is 11.8 Å². The van der Waals surface area contributed by atoms with Crippen LogP contribution in [0.15, 0.2) is 24.3 Å². The molecule has 2 aliphatic heterocycles. The van der Waals surface area contributed by atoms with E-state index in [1.54, 1.807) is 7.11 Å². The highest BCUT2D eigenvalue weighted by atomic mass is 16.5. The first-order valence-electron chi connectivity index (χ1n) is 7.32. The molecule has 1 unspecified atom stereocenters. The summed E-state index contributed by atoms with van der Waals surface area (Å²) in [7, 11) is 1.65. The van der Waals surface area contributed by atoms with Crippen LogP contribution >= 0.6 is 0 Å². The fourth-order valence-electron chi connectivity index (χ4n) is 3.34. The third-order valence-electron chi connectivity index (χ3n) is 4.69. The molecule has 0 aromatic heterocycles. The number of methoxy groups -OCH3 is 1. The molecule has 1 aromatic carbocycles. The van der Waals surface area contributed by atoms with Gasteiger partial charge in [0, 0.05) is 26.2 Å². The lowest BCUT2D eigenvalue weighted by atomic mass is 9.99. The van der Waals surface area contributed by atoms with Gasteiger partial charge in [-0.15, -0.1) is 0 Å². The Morgan fingerprint density at radius 3 is 2.40 bits per heavy atom. The van der Waals surface area contributed by atoms with Crippen molar-refractivity contribution in [3.05, 3.63) is 29.8 Å². The molecule has 2 aliphatic rings. The van der Waals surface area contributed by atoms with Crippen molar-refractivity contribution in [1.82, 2.24) is 10.2 Å². The summed E-state index contributed by atoms with van der Waals surface area (Å²) >= 11 is 0. The summed E-state index contributed by atoms with van der Waals surface area (Å²) in [6.45, 7) is 5.95. The maximum Gasteiger partial charge on any atom is 0.229 e. The van der Waals surface area contributed by atoms with Gasteiger partial charge >= 0.3 is 0 Å². The van der Waals surface area contributed by atoms with E-state index in [1.807, 2.05) is 36.1 Å². The fourth-order valence-corrected chi connectivity index (χ4v) is 3.34. The molecule has 4 nitrogen and oxygen atoms in total. The minimum Gasteiger partial charge on any atom is -0.497 e. The molecule has 0 radical (unpaired) electrons. The van der Waals surface area contributed by atoms with E-state index in [9.17, 15) is 4.79 Å². The summed E-state index contributed by atoms with van der Waals surface area (Å²) < 4.78 is 5.16. The van der Waals surface area contributed by atoms with Crippen LogP contribution in [0.4, 0.5) is 0 Å². The molecular weight excluding hydrogens is 252 g/mol. The maximum absolute atomic E-state index is 12.6. The van der Waals surface area contributed by atoms with E-state index < -0.39 is 0 Å². The maximum atomic E-state index is 12.6. The summed E-state index contributed by atoms with van der Waals surface area (Å²) in [5, 5.41) is 3.41. The van der Waals surface area contributed by atoms with Crippen molar-refractivity contribution in [2.45, 2.75) is 12.8 Å². The van der Waals surface area contributed by atoms with Gasteiger partial charge in [0.25, 0.3) is 0 Å². The molecule has 0 spiro atoms. The molecule has 0 bridgehead atoms. The Labute approximate surface area is 120 Å². The van der Waals surface area contributed by atoms with Gasteiger partial charge in [-0.3, -0.25) is 4.79 Å². The van der Waals surface area contributed by atoms with E-state index in [2.05, 4.69) is 5.32 Å². The molecule has 0 aliphatic carbocycles. The highest BCUT2D eigenvalue weighted by Crippen LogP contribution is 2.29. The van der Waals surface area contributed by atoms with Crippen molar-refractivity contribution < 1.29 is 9.53 Å². The Hall–Kier alpha value is -1.55. The van der Waals surface area contributed by atoms with Crippen molar-refractivity contribution >= 4 is 5.91 Å². The average Bonchev–Trinajstić information content (AvgIpc) is 3.07. The molecule has 108 valence electrons. The zero-order valence-electron chi connectivity index (χ0n) is 12.1. The highest BCUT2D eigenvalue weighted by molar-refractivity contribution is 5.83. The van der Waals surface area contributed by atoms with Crippen LogP contribution in [0.5, 0.6) is 5.75 Å². The number of likely N-dealkylation sites (tertiary alicyclic amines) is 1. The quantitative estimate of drug-likeness (QED) is 0.907. The van der Waals surface area contributed by atoms with Gasteiger partial charge in [-0.05, 0) is 36.5 Å². The van der Waals surface area contributed by atoms with Gasteiger partial charge in [-0.1, -0.05) is 12.1 Å². The number of nitrogens with zero attached hydrogens (tertiary/aromatic N) is 1. The Morgan fingerprint density at radius 2 is 1.85 bits per heavy atom. The molecule has 2 fully saturated rings. The third kappa shape index (κ3) is 2.40. The highest BCUT2D eigenvalue weighted by Gasteiger charge is 2.39. The van der Waals surface area contributed by atoms with Gasteiger partial charge in [-0.25, -0.2) is 0 Å². The first kappa shape index (κ1) is 13.4. The molecule has 1 N–H and O–H groups in total. The lowest BCUT2D eigenvalue weighted by Crippen LogP contribution is -2.34. The largest absolute Gasteiger partial charge is 0.497 e. The SMILES string of the molecule is COc1ccc(C(C)C(=O)N2C[C@H]3CNC[C@H]3C2)cc1. The van der Waals surface area contributed by atoms with Crippen LogP contribution in [0.25, 0.3) is 0 Å². The van der Waals surface area contributed by atoms with E-state index >= 15 is 0 Å². The van der Waals surface area contributed by atoms with Crippen LogP contribution < -0.4 is 10.1 Å². The molecule has 1 amide bonds. The zero-order valence-corrected chi connectivity index (χ0v) is 12.1. The molecule has 1 aromatic rings. The number of benzene rings is 1. The summed E-state index contributed by atoms with van der Waals surface area (Å²) in [4.78, 5) is 14.7. The van der Waals surface area contributed by atoms with Crippen molar-refractivity contribution in [1.29, 1.82) is 0 Å². The summed E-state index contributed by atoms with van der Waals surface area (Å²) in [6.07, 6.45) is 0. The fraction of sp³-hybridized carbons (Fsp3) is 0.562. The van der Waals surface area contributed by atoms with Crippen LogP contribution in [0, 0.1) is 11.8 Å². The van der Waals surface area contributed by atoms with Gasteiger partial charge < -0.3 is 15.0 Å². The number of rotatable bonds is 3. The molecule has 4 heteroatoms. The van der Waals surface area contributed by atoms with Crippen molar-refractivity contribution in [3.8, 4) is 5.75 Å². The minimum absolute atomic E-state index is 0.0762. The van der Waals surface area contributed by atoms with Crippen molar-refractivity contribution in [2.75, 3.05) is 33.3 Å². The van der Waals surface area contributed by atoms with Crippen LogP contribution in [0.1, 0.15) is 18.4 Å². The number of carbonyl (C=O) groups excluding carboxylic acids is 1. The lowest BCUT2D eigenvalue weighted by Gasteiger charge is -2.22.